The summed E-state index contributed by atoms with van der Waals surface area (Å²) in [6.45, 7) is 0. The number of hydrogen-bond acceptors (Lipinski definition) is 6. The van der Waals surface area contributed by atoms with Crippen molar-refractivity contribution in [2.75, 3.05) is 0 Å². The lowest BCUT2D eigenvalue weighted by molar-refractivity contribution is 0.278. The number of rotatable bonds is 3. The second kappa shape index (κ2) is 13.4. The van der Waals surface area contributed by atoms with Crippen molar-refractivity contribution in [3.63, 3.8) is 0 Å². The minimum atomic E-state index is -2.17. The molecule has 0 spiro atoms. The Morgan fingerprint density at radius 3 is 1.04 bits per heavy atom. The topological polar surface area (TPSA) is 80.9 Å². The Labute approximate surface area is 155 Å². The largest absolute Gasteiger partial charge is 0.631 e. The molecule has 0 aliphatic rings. The summed E-state index contributed by atoms with van der Waals surface area (Å²) in [5, 5.41) is 30.1. The van der Waals surface area contributed by atoms with Gasteiger partial charge in [-0.2, -0.15) is 0 Å². The number of phenolic OH excluding ortho intramolecular Hbond substituents is 1. The van der Waals surface area contributed by atoms with E-state index in [9.17, 15) is 0 Å². The van der Waals surface area contributed by atoms with Crippen molar-refractivity contribution in [3.8, 4) is 5.75 Å². The molecule has 0 saturated heterocycles. The van der Waals surface area contributed by atoms with Gasteiger partial charge in [0.25, 0.3) is 0 Å². The standard InChI is InChI=1S/C12H10S2.C6H6O.BH3O3/c1-3-7-11(8-4-1)13-14-12-9-5-2-6-10-12;7-6-4-2-1-3-5-6;2-1(3)4/h1-10H;1-5,7H;2-4H. The van der Waals surface area contributed by atoms with Crippen molar-refractivity contribution in [1.29, 1.82) is 0 Å². The van der Waals surface area contributed by atoms with Crippen LogP contribution in [0.25, 0.3) is 0 Å². The van der Waals surface area contributed by atoms with Gasteiger partial charge in [-0.05, 0) is 36.4 Å². The first-order chi connectivity index (χ1) is 12.1. The number of hydrogen-bond donors (Lipinski definition) is 4. The summed E-state index contributed by atoms with van der Waals surface area (Å²) in [6.07, 6.45) is 0. The van der Waals surface area contributed by atoms with Gasteiger partial charge in [-0.3, -0.25) is 0 Å². The predicted octanol–water partition coefficient (Wildman–Crippen LogP) is 3.83. The molecule has 0 amide bonds. The first-order valence-corrected chi connectivity index (χ1v) is 9.45. The summed E-state index contributed by atoms with van der Waals surface area (Å²) < 4.78 is 0. The SMILES string of the molecule is OB(O)O.Oc1ccccc1.c1ccc(SSc2ccccc2)cc1. The zero-order valence-electron chi connectivity index (χ0n) is 13.3. The van der Waals surface area contributed by atoms with Crippen molar-refractivity contribution in [1.82, 2.24) is 0 Å². The van der Waals surface area contributed by atoms with Crippen LogP contribution in [0.5, 0.6) is 5.75 Å². The summed E-state index contributed by atoms with van der Waals surface area (Å²) in [5.74, 6) is 0.322. The summed E-state index contributed by atoms with van der Waals surface area (Å²) in [5.41, 5.74) is 0. The summed E-state index contributed by atoms with van der Waals surface area (Å²) >= 11 is 0. The van der Waals surface area contributed by atoms with Crippen LogP contribution >= 0.6 is 21.6 Å². The van der Waals surface area contributed by atoms with Gasteiger partial charge < -0.3 is 20.2 Å². The fourth-order valence-corrected chi connectivity index (χ4v) is 3.45. The Morgan fingerprint density at radius 1 is 0.520 bits per heavy atom. The highest BCUT2D eigenvalue weighted by Crippen LogP contribution is 2.36. The lowest BCUT2D eigenvalue weighted by atomic mass is 10.3. The number of benzene rings is 3. The van der Waals surface area contributed by atoms with Gasteiger partial charge in [-0.1, -0.05) is 76.2 Å². The van der Waals surface area contributed by atoms with Crippen LogP contribution in [-0.4, -0.2) is 27.5 Å². The summed E-state index contributed by atoms with van der Waals surface area (Å²) in [4.78, 5) is 2.59. The molecule has 0 bridgehead atoms. The van der Waals surface area contributed by atoms with Gasteiger partial charge in [-0.15, -0.1) is 0 Å². The highest BCUT2D eigenvalue weighted by Gasteiger charge is 1.94. The van der Waals surface area contributed by atoms with Crippen molar-refractivity contribution in [2.45, 2.75) is 9.79 Å². The van der Waals surface area contributed by atoms with Crippen LogP contribution in [0.2, 0.25) is 0 Å². The van der Waals surface area contributed by atoms with Crippen molar-refractivity contribution in [3.05, 3.63) is 91.0 Å². The molecule has 4 N–H and O–H groups in total. The zero-order chi connectivity index (χ0) is 18.3. The fraction of sp³-hybridized carbons (Fsp3) is 0. The van der Waals surface area contributed by atoms with E-state index < -0.39 is 7.32 Å². The Morgan fingerprint density at radius 2 is 0.800 bits per heavy atom. The van der Waals surface area contributed by atoms with Crippen LogP contribution in [0.1, 0.15) is 0 Å². The minimum Gasteiger partial charge on any atom is -0.508 e. The average molecular weight is 374 g/mol. The first kappa shape index (κ1) is 21.1. The van der Waals surface area contributed by atoms with E-state index in [2.05, 4.69) is 48.5 Å². The molecule has 0 saturated carbocycles. The van der Waals surface area contributed by atoms with Gasteiger partial charge in [-0.25, -0.2) is 0 Å². The summed E-state index contributed by atoms with van der Waals surface area (Å²) in [6, 6.07) is 29.5. The van der Waals surface area contributed by atoms with E-state index >= 15 is 0 Å². The third kappa shape index (κ3) is 12.2. The van der Waals surface area contributed by atoms with Gasteiger partial charge in [0.1, 0.15) is 5.75 Å². The van der Waals surface area contributed by atoms with E-state index in [4.69, 9.17) is 20.2 Å². The highest BCUT2D eigenvalue weighted by molar-refractivity contribution is 8.76. The maximum Gasteiger partial charge on any atom is 0.631 e. The first-order valence-electron chi connectivity index (χ1n) is 7.31. The van der Waals surface area contributed by atoms with Crippen LogP contribution in [0.4, 0.5) is 0 Å². The average Bonchev–Trinajstić information content (AvgIpc) is 2.63. The van der Waals surface area contributed by atoms with Gasteiger partial charge in [0, 0.05) is 9.79 Å². The Kier molecular flexibility index (Phi) is 11.3. The molecule has 0 radical (unpaired) electrons. The lowest BCUT2D eigenvalue weighted by Crippen LogP contribution is -2.07. The van der Waals surface area contributed by atoms with Crippen LogP contribution in [0.3, 0.4) is 0 Å². The van der Waals surface area contributed by atoms with Gasteiger partial charge in [0.05, 0.1) is 0 Å². The van der Waals surface area contributed by atoms with E-state index in [-0.39, 0.29) is 0 Å². The molecule has 7 heteroatoms. The van der Waals surface area contributed by atoms with Crippen LogP contribution < -0.4 is 0 Å². The second-order valence-electron chi connectivity index (χ2n) is 4.47. The molecule has 4 nitrogen and oxygen atoms in total. The molecule has 0 aliphatic carbocycles. The molecule has 0 heterocycles. The maximum absolute atomic E-state index is 8.63. The Balaban J connectivity index is 0.000000237. The van der Waals surface area contributed by atoms with E-state index in [0.717, 1.165) is 0 Å². The predicted molar refractivity (Wildman–Crippen MR) is 105 cm³/mol. The quantitative estimate of drug-likeness (QED) is 0.412. The molecule has 0 aromatic heterocycles. The maximum atomic E-state index is 8.63. The Hall–Kier alpha value is -1.90. The van der Waals surface area contributed by atoms with E-state index in [1.54, 1.807) is 45.9 Å². The number of phenols is 1. The van der Waals surface area contributed by atoms with Crippen LogP contribution in [0.15, 0.2) is 101 Å². The second-order valence-corrected chi connectivity index (χ2v) is 6.75. The molecule has 0 aliphatic heterocycles. The van der Waals surface area contributed by atoms with E-state index in [0.29, 0.717) is 5.75 Å². The third-order valence-electron chi connectivity index (χ3n) is 2.48. The molecule has 0 atom stereocenters. The van der Waals surface area contributed by atoms with Crippen LogP contribution in [0, 0.1) is 0 Å². The normalized spacial score (nSPS) is 9.08. The molecule has 0 unspecified atom stereocenters. The van der Waals surface area contributed by atoms with E-state index in [1.807, 2.05) is 18.2 Å². The molecule has 3 rings (SSSR count). The van der Waals surface area contributed by atoms with Crippen molar-refractivity contribution in [2.24, 2.45) is 0 Å². The smallest absolute Gasteiger partial charge is 0.508 e. The van der Waals surface area contributed by atoms with Crippen molar-refractivity contribution >= 4 is 28.9 Å². The van der Waals surface area contributed by atoms with E-state index in [1.165, 1.54) is 9.79 Å². The summed E-state index contributed by atoms with van der Waals surface area (Å²) in [7, 11) is 1.41. The minimum absolute atomic E-state index is 0.322. The molecular weight excluding hydrogens is 355 g/mol. The Bertz CT molecular complexity index is 628. The zero-order valence-corrected chi connectivity index (χ0v) is 15.0. The highest BCUT2D eigenvalue weighted by atomic mass is 33.1. The van der Waals surface area contributed by atoms with Gasteiger partial charge in [0.15, 0.2) is 0 Å². The lowest BCUT2D eigenvalue weighted by Gasteiger charge is -1.99. The molecule has 3 aromatic carbocycles. The fourth-order valence-electron chi connectivity index (χ4n) is 1.48. The molecular formula is C18H19BO4S2. The van der Waals surface area contributed by atoms with Gasteiger partial charge >= 0.3 is 7.32 Å². The molecule has 25 heavy (non-hydrogen) atoms. The monoisotopic (exact) mass is 374 g/mol. The molecule has 0 fully saturated rings. The molecule has 3 aromatic rings. The number of aromatic hydroxyl groups is 1. The molecule has 130 valence electrons. The van der Waals surface area contributed by atoms with Gasteiger partial charge in [0.2, 0.25) is 0 Å². The van der Waals surface area contributed by atoms with Crippen molar-refractivity contribution < 1.29 is 20.2 Å². The van der Waals surface area contributed by atoms with Crippen LogP contribution in [-0.2, 0) is 0 Å². The number of para-hydroxylation sites is 1. The third-order valence-corrected chi connectivity index (χ3v) is 4.89.